The summed E-state index contributed by atoms with van der Waals surface area (Å²) in [5.41, 5.74) is 0.267. The second-order valence-corrected chi connectivity index (χ2v) is 8.64. The Kier molecular flexibility index (Phi) is 7.03. The molecule has 0 saturated carbocycles. The third kappa shape index (κ3) is 5.33. The number of amides is 1. The van der Waals surface area contributed by atoms with Crippen LogP contribution in [0.4, 0.5) is 10.1 Å². The Morgan fingerprint density at radius 3 is 2.47 bits per heavy atom. The minimum absolute atomic E-state index is 0.0846. The highest BCUT2D eigenvalue weighted by Crippen LogP contribution is 2.22. The average molecular weight is 457 g/mol. The van der Waals surface area contributed by atoms with Crippen LogP contribution < -0.4 is 5.32 Å². The molecule has 0 spiro atoms. The summed E-state index contributed by atoms with van der Waals surface area (Å²) in [5.74, 6) is -2.55. The van der Waals surface area contributed by atoms with E-state index in [-0.39, 0.29) is 31.9 Å². The molecule has 1 saturated heterocycles. The van der Waals surface area contributed by atoms with Gasteiger partial charge in [-0.2, -0.15) is 4.31 Å². The number of sulfonamides is 1. The number of nitrogens with zero attached hydrogens (tertiary/aromatic N) is 1. The van der Waals surface area contributed by atoms with Crippen LogP contribution in [-0.2, 0) is 24.3 Å². The van der Waals surface area contributed by atoms with Gasteiger partial charge in [-0.1, -0.05) is 11.6 Å². The Morgan fingerprint density at radius 2 is 1.80 bits per heavy atom. The van der Waals surface area contributed by atoms with Gasteiger partial charge in [-0.15, -0.1) is 0 Å². The van der Waals surface area contributed by atoms with Crippen LogP contribution in [0, 0.1) is 5.82 Å². The van der Waals surface area contributed by atoms with Gasteiger partial charge in [-0.05, 0) is 42.5 Å². The van der Waals surface area contributed by atoms with Gasteiger partial charge in [0.05, 0.1) is 18.8 Å². The number of esters is 1. The first kappa shape index (κ1) is 22.2. The molecule has 1 amide bonds. The van der Waals surface area contributed by atoms with Crippen molar-refractivity contribution in [2.45, 2.75) is 4.90 Å². The van der Waals surface area contributed by atoms with Crippen LogP contribution in [0.3, 0.4) is 0 Å². The predicted octanol–water partition coefficient (Wildman–Crippen LogP) is 2.30. The lowest BCUT2D eigenvalue weighted by molar-refractivity contribution is -0.119. The van der Waals surface area contributed by atoms with Crippen molar-refractivity contribution in [2.24, 2.45) is 0 Å². The summed E-state index contributed by atoms with van der Waals surface area (Å²) >= 11 is 5.76. The molecule has 1 heterocycles. The van der Waals surface area contributed by atoms with E-state index in [0.29, 0.717) is 10.7 Å². The molecule has 0 aliphatic carbocycles. The van der Waals surface area contributed by atoms with E-state index >= 15 is 0 Å². The topological polar surface area (TPSA) is 102 Å². The van der Waals surface area contributed by atoms with Crippen LogP contribution in [0.25, 0.3) is 0 Å². The number of carbonyl (C=O) groups excluding carboxylic acids is 2. The molecule has 0 unspecified atom stereocenters. The van der Waals surface area contributed by atoms with Crippen LogP contribution >= 0.6 is 11.6 Å². The normalized spacial score (nSPS) is 14.9. The van der Waals surface area contributed by atoms with E-state index in [9.17, 15) is 22.4 Å². The number of nitrogens with one attached hydrogen (secondary N) is 1. The highest BCUT2D eigenvalue weighted by Gasteiger charge is 2.30. The fourth-order valence-corrected chi connectivity index (χ4v) is 4.32. The number of carbonyl (C=O) groups is 2. The molecule has 0 radical (unpaired) electrons. The van der Waals surface area contributed by atoms with Crippen molar-refractivity contribution in [2.75, 3.05) is 38.2 Å². The smallest absolute Gasteiger partial charge is 0.338 e. The maximum Gasteiger partial charge on any atom is 0.338 e. The molecule has 11 heteroatoms. The molecule has 1 aliphatic heterocycles. The minimum atomic E-state index is -4.14. The first-order valence-corrected chi connectivity index (χ1v) is 10.7. The second kappa shape index (κ2) is 9.52. The molecule has 3 rings (SSSR count). The molecule has 1 N–H and O–H groups in total. The van der Waals surface area contributed by atoms with E-state index in [2.05, 4.69) is 5.32 Å². The van der Waals surface area contributed by atoms with Gasteiger partial charge in [-0.25, -0.2) is 17.6 Å². The number of benzene rings is 2. The predicted molar refractivity (Wildman–Crippen MR) is 106 cm³/mol. The Bertz CT molecular complexity index is 1040. The molecular weight excluding hydrogens is 439 g/mol. The molecule has 8 nitrogen and oxygen atoms in total. The van der Waals surface area contributed by atoms with Gasteiger partial charge in [0.15, 0.2) is 6.61 Å². The van der Waals surface area contributed by atoms with E-state index in [4.69, 9.17) is 21.1 Å². The Morgan fingerprint density at radius 1 is 1.13 bits per heavy atom. The van der Waals surface area contributed by atoms with Crippen molar-refractivity contribution in [3.8, 4) is 0 Å². The zero-order valence-corrected chi connectivity index (χ0v) is 17.2. The summed E-state index contributed by atoms with van der Waals surface area (Å²) in [7, 11) is -4.14. The van der Waals surface area contributed by atoms with E-state index in [1.54, 1.807) is 24.3 Å². The Hall–Kier alpha value is -2.53. The van der Waals surface area contributed by atoms with Gasteiger partial charge in [0.25, 0.3) is 5.91 Å². The summed E-state index contributed by atoms with van der Waals surface area (Å²) in [6.45, 7) is -0.0381. The van der Waals surface area contributed by atoms with Gasteiger partial charge >= 0.3 is 5.97 Å². The molecular formula is C19H18ClFN2O6S. The molecule has 1 fully saturated rings. The van der Waals surface area contributed by atoms with Gasteiger partial charge in [-0.3, -0.25) is 4.79 Å². The quantitative estimate of drug-likeness (QED) is 0.669. The summed E-state index contributed by atoms with van der Waals surface area (Å²) in [6.07, 6.45) is 0. The largest absolute Gasteiger partial charge is 0.452 e. The second-order valence-electron chi connectivity index (χ2n) is 6.29. The molecule has 0 bridgehead atoms. The third-order valence-corrected chi connectivity index (χ3v) is 6.38. The van der Waals surface area contributed by atoms with E-state index in [1.165, 1.54) is 0 Å². The minimum Gasteiger partial charge on any atom is -0.452 e. The van der Waals surface area contributed by atoms with E-state index < -0.39 is 39.2 Å². The van der Waals surface area contributed by atoms with Gasteiger partial charge in [0.1, 0.15) is 10.7 Å². The van der Waals surface area contributed by atoms with Crippen LogP contribution in [0.15, 0.2) is 47.4 Å². The van der Waals surface area contributed by atoms with Crippen LogP contribution in [0.2, 0.25) is 5.02 Å². The molecule has 0 atom stereocenters. The Labute approximate surface area is 177 Å². The zero-order chi connectivity index (χ0) is 21.7. The maximum atomic E-state index is 14.2. The van der Waals surface area contributed by atoms with Crippen molar-refractivity contribution in [1.29, 1.82) is 0 Å². The fourth-order valence-electron chi connectivity index (χ4n) is 2.70. The molecule has 2 aromatic rings. The molecule has 30 heavy (non-hydrogen) atoms. The summed E-state index contributed by atoms with van der Waals surface area (Å²) in [6, 6.07) is 9.18. The number of morpholine rings is 1. The summed E-state index contributed by atoms with van der Waals surface area (Å²) in [4.78, 5) is 23.5. The SMILES string of the molecule is O=C(COC(=O)c1ccc(F)c(S(=O)(=O)N2CCOCC2)c1)Nc1ccc(Cl)cc1. The average Bonchev–Trinajstić information content (AvgIpc) is 2.74. The van der Waals surface area contributed by atoms with Gasteiger partial charge in [0.2, 0.25) is 10.0 Å². The number of halogens is 2. The van der Waals surface area contributed by atoms with Crippen LogP contribution in [-0.4, -0.2) is 57.5 Å². The zero-order valence-electron chi connectivity index (χ0n) is 15.6. The third-order valence-electron chi connectivity index (χ3n) is 4.22. The van der Waals surface area contributed by atoms with Gasteiger partial charge < -0.3 is 14.8 Å². The van der Waals surface area contributed by atoms with Crippen molar-refractivity contribution in [3.05, 3.63) is 58.9 Å². The maximum absolute atomic E-state index is 14.2. The number of rotatable bonds is 6. The van der Waals surface area contributed by atoms with Crippen molar-refractivity contribution >= 4 is 39.2 Å². The lowest BCUT2D eigenvalue weighted by atomic mass is 10.2. The number of anilines is 1. The monoisotopic (exact) mass is 456 g/mol. The van der Waals surface area contributed by atoms with Gasteiger partial charge in [0, 0.05) is 23.8 Å². The highest BCUT2D eigenvalue weighted by molar-refractivity contribution is 7.89. The summed E-state index contributed by atoms with van der Waals surface area (Å²) < 4.78 is 50.7. The molecule has 1 aliphatic rings. The van der Waals surface area contributed by atoms with Crippen LogP contribution in [0.5, 0.6) is 0 Å². The molecule has 0 aromatic heterocycles. The van der Waals surface area contributed by atoms with E-state index in [1.807, 2.05) is 0 Å². The number of hydrogen-bond donors (Lipinski definition) is 1. The summed E-state index contributed by atoms with van der Waals surface area (Å²) in [5, 5.41) is 3.01. The fraction of sp³-hybridized carbons (Fsp3) is 0.263. The lowest BCUT2D eigenvalue weighted by Crippen LogP contribution is -2.41. The first-order valence-electron chi connectivity index (χ1n) is 8.87. The molecule has 2 aromatic carbocycles. The van der Waals surface area contributed by atoms with Crippen molar-refractivity contribution in [3.63, 3.8) is 0 Å². The highest BCUT2D eigenvalue weighted by atomic mass is 35.5. The molecule has 160 valence electrons. The Balaban J connectivity index is 1.67. The van der Waals surface area contributed by atoms with E-state index in [0.717, 1.165) is 22.5 Å². The standard InChI is InChI=1S/C19H18ClFN2O6S/c20-14-2-4-15(5-3-14)22-18(24)12-29-19(25)13-1-6-16(21)17(11-13)30(26,27)23-7-9-28-10-8-23/h1-6,11H,7-10,12H2,(H,22,24). The van der Waals surface area contributed by atoms with Crippen molar-refractivity contribution < 1.29 is 31.9 Å². The number of ether oxygens (including phenoxy) is 2. The first-order chi connectivity index (χ1) is 14.3. The lowest BCUT2D eigenvalue weighted by Gasteiger charge is -2.26. The number of hydrogen-bond acceptors (Lipinski definition) is 6. The van der Waals surface area contributed by atoms with Crippen molar-refractivity contribution in [1.82, 2.24) is 4.31 Å². The van der Waals surface area contributed by atoms with Crippen LogP contribution in [0.1, 0.15) is 10.4 Å².